The lowest BCUT2D eigenvalue weighted by Gasteiger charge is -2.11. The zero-order chi connectivity index (χ0) is 13.9. The molecular weight excluding hydrogens is 294 g/mol. The standard InChI is InChI=1S/C10H15NO4S3/c1-6-4-8(17-9(6)10(12)13)18(14,15)11-7(2)5-16-3/h4,7,11H,5H2,1-3H3,(H,12,13). The van der Waals surface area contributed by atoms with Gasteiger partial charge in [-0.25, -0.2) is 17.9 Å². The molecule has 0 aliphatic carbocycles. The summed E-state index contributed by atoms with van der Waals surface area (Å²) in [6.45, 7) is 3.36. The van der Waals surface area contributed by atoms with Crippen LogP contribution in [0.3, 0.4) is 0 Å². The molecular formula is C10H15NO4S3. The molecule has 0 bridgehead atoms. The van der Waals surface area contributed by atoms with Crippen molar-refractivity contribution in [3.8, 4) is 0 Å². The number of rotatable bonds is 6. The molecule has 1 aromatic heterocycles. The van der Waals surface area contributed by atoms with Crippen molar-refractivity contribution in [1.82, 2.24) is 4.72 Å². The van der Waals surface area contributed by atoms with Gasteiger partial charge in [0.1, 0.15) is 9.09 Å². The number of hydrogen-bond donors (Lipinski definition) is 2. The third kappa shape index (κ3) is 3.71. The number of carbonyl (C=O) groups is 1. The molecule has 18 heavy (non-hydrogen) atoms. The van der Waals surface area contributed by atoms with Crippen LogP contribution in [0.5, 0.6) is 0 Å². The van der Waals surface area contributed by atoms with E-state index in [1.807, 2.05) is 6.26 Å². The van der Waals surface area contributed by atoms with Crippen molar-refractivity contribution >= 4 is 39.1 Å². The Labute approximate surface area is 115 Å². The first-order valence-corrected chi connectivity index (χ1v) is 8.82. The lowest BCUT2D eigenvalue weighted by atomic mass is 10.3. The minimum Gasteiger partial charge on any atom is -0.477 e. The fraction of sp³-hybridized carbons (Fsp3) is 0.500. The summed E-state index contributed by atoms with van der Waals surface area (Å²) in [5, 5.41) is 8.90. The molecule has 0 spiro atoms. The van der Waals surface area contributed by atoms with Gasteiger partial charge in [-0.3, -0.25) is 0 Å². The van der Waals surface area contributed by atoms with Crippen LogP contribution in [0.2, 0.25) is 0 Å². The fourth-order valence-electron chi connectivity index (χ4n) is 1.40. The maximum absolute atomic E-state index is 12.0. The van der Waals surface area contributed by atoms with Crippen molar-refractivity contribution in [2.45, 2.75) is 24.1 Å². The summed E-state index contributed by atoms with van der Waals surface area (Å²) >= 11 is 2.32. The number of thioether (sulfide) groups is 1. The number of carboxylic acid groups (broad SMARTS) is 1. The SMILES string of the molecule is CSCC(C)NS(=O)(=O)c1cc(C)c(C(=O)O)s1. The summed E-state index contributed by atoms with van der Waals surface area (Å²) in [7, 11) is -3.63. The van der Waals surface area contributed by atoms with Crippen LogP contribution in [-0.2, 0) is 10.0 Å². The van der Waals surface area contributed by atoms with E-state index >= 15 is 0 Å². The normalized spacial score (nSPS) is 13.5. The first kappa shape index (κ1) is 15.5. The van der Waals surface area contributed by atoms with E-state index < -0.39 is 16.0 Å². The van der Waals surface area contributed by atoms with Gasteiger partial charge in [0.2, 0.25) is 10.0 Å². The molecule has 1 unspecified atom stereocenters. The summed E-state index contributed by atoms with van der Waals surface area (Å²) < 4.78 is 26.6. The monoisotopic (exact) mass is 309 g/mol. The quantitative estimate of drug-likeness (QED) is 0.837. The summed E-state index contributed by atoms with van der Waals surface area (Å²) in [4.78, 5) is 10.9. The Morgan fingerprint density at radius 2 is 2.22 bits per heavy atom. The van der Waals surface area contributed by atoms with Gasteiger partial charge in [0.15, 0.2) is 0 Å². The molecule has 1 heterocycles. The van der Waals surface area contributed by atoms with Crippen LogP contribution in [0.4, 0.5) is 0 Å². The average Bonchev–Trinajstić information content (AvgIpc) is 2.60. The Kier molecular flexibility index (Phi) is 5.20. The molecule has 102 valence electrons. The number of thiophene rings is 1. The second-order valence-corrected chi connectivity index (χ2v) is 7.76. The molecule has 5 nitrogen and oxygen atoms in total. The maximum Gasteiger partial charge on any atom is 0.346 e. The van der Waals surface area contributed by atoms with E-state index in [-0.39, 0.29) is 15.1 Å². The van der Waals surface area contributed by atoms with Crippen LogP contribution >= 0.6 is 23.1 Å². The van der Waals surface area contributed by atoms with E-state index in [4.69, 9.17) is 5.11 Å². The number of hydrogen-bond acceptors (Lipinski definition) is 5. The highest BCUT2D eigenvalue weighted by Crippen LogP contribution is 2.26. The van der Waals surface area contributed by atoms with Gasteiger partial charge < -0.3 is 5.11 Å². The minimum atomic E-state index is -3.63. The van der Waals surface area contributed by atoms with Gasteiger partial charge in [-0.05, 0) is 31.7 Å². The van der Waals surface area contributed by atoms with Crippen LogP contribution in [0, 0.1) is 6.92 Å². The van der Waals surface area contributed by atoms with Gasteiger partial charge >= 0.3 is 5.97 Å². The van der Waals surface area contributed by atoms with Gasteiger partial charge in [0.25, 0.3) is 0 Å². The highest BCUT2D eigenvalue weighted by Gasteiger charge is 2.23. The molecule has 2 N–H and O–H groups in total. The van der Waals surface area contributed by atoms with Crippen LogP contribution in [-0.4, -0.2) is 37.5 Å². The molecule has 0 amide bonds. The summed E-state index contributed by atoms with van der Waals surface area (Å²) in [6.07, 6.45) is 1.89. The van der Waals surface area contributed by atoms with E-state index in [0.717, 1.165) is 11.3 Å². The molecule has 0 fully saturated rings. The Bertz CT molecular complexity index is 535. The second kappa shape index (κ2) is 6.05. The van der Waals surface area contributed by atoms with Crippen LogP contribution in [0.1, 0.15) is 22.2 Å². The Morgan fingerprint density at radius 3 is 2.67 bits per heavy atom. The van der Waals surface area contributed by atoms with Gasteiger partial charge in [-0.1, -0.05) is 0 Å². The van der Waals surface area contributed by atoms with E-state index in [1.165, 1.54) is 6.07 Å². The van der Waals surface area contributed by atoms with Gasteiger partial charge in [-0.15, -0.1) is 11.3 Å². The summed E-state index contributed by atoms with van der Waals surface area (Å²) in [5.74, 6) is -0.439. The van der Waals surface area contributed by atoms with Crippen molar-refractivity contribution in [1.29, 1.82) is 0 Å². The minimum absolute atomic E-state index is 0.0466. The highest BCUT2D eigenvalue weighted by atomic mass is 32.2. The molecule has 0 aliphatic heterocycles. The fourth-order valence-corrected chi connectivity index (χ4v) is 4.73. The van der Waals surface area contributed by atoms with Crippen molar-refractivity contribution < 1.29 is 18.3 Å². The van der Waals surface area contributed by atoms with Crippen LogP contribution in [0.15, 0.2) is 10.3 Å². The Hall–Kier alpha value is -0.570. The van der Waals surface area contributed by atoms with E-state index in [2.05, 4.69) is 4.72 Å². The second-order valence-electron chi connectivity index (χ2n) is 3.86. The lowest BCUT2D eigenvalue weighted by molar-refractivity contribution is 0.0701. The molecule has 1 aromatic rings. The van der Waals surface area contributed by atoms with Gasteiger partial charge in [0.05, 0.1) is 0 Å². The van der Waals surface area contributed by atoms with E-state index in [9.17, 15) is 13.2 Å². The van der Waals surface area contributed by atoms with Gasteiger partial charge in [-0.2, -0.15) is 11.8 Å². The van der Waals surface area contributed by atoms with E-state index in [0.29, 0.717) is 11.3 Å². The van der Waals surface area contributed by atoms with Crippen molar-refractivity contribution in [2.24, 2.45) is 0 Å². The first-order valence-electron chi connectivity index (χ1n) is 5.13. The maximum atomic E-state index is 12.0. The molecule has 0 saturated carbocycles. The Morgan fingerprint density at radius 1 is 1.61 bits per heavy atom. The predicted molar refractivity (Wildman–Crippen MR) is 74.2 cm³/mol. The lowest BCUT2D eigenvalue weighted by Crippen LogP contribution is -2.33. The van der Waals surface area contributed by atoms with Crippen molar-refractivity contribution in [2.75, 3.05) is 12.0 Å². The highest BCUT2D eigenvalue weighted by molar-refractivity contribution is 7.98. The zero-order valence-corrected chi connectivity index (χ0v) is 12.7. The average molecular weight is 309 g/mol. The number of carboxylic acids is 1. The molecule has 0 radical (unpaired) electrons. The number of nitrogens with one attached hydrogen (secondary N) is 1. The summed E-state index contributed by atoms with van der Waals surface area (Å²) in [6, 6.07) is 1.20. The number of sulfonamides is 1. The van der Waals surface area contributed by atoms with E-state index in [1.54, 1.807) is 25.6 Å². The summed E-state index contributed by atoms with van der Waals surface area (Å²) in [5.41, 5.74) is 0.463. The zero-order valence-electron chi connectivity index (χ0n) is 10.3. The van der Waals surface area contributed by atoms with Crippen molar-refractivity contribution in [3.05, 3.63) is 16.5 Å². The molecule has 8 heteroatoms. The first-order chi connectivity index (χ1) is 8.27. The molecule has 0 aliphatic rings. The predicted octanol–water partition coefficient (Wildman–Crippen LogP) is 1.78. The Balaban J connectivity index is 2.99. The third-order valence-corrected chi connectivity index (χ3v) is 6.25. The number of aryl methyl sites for hydroxylation is 1. The number of aromatic carboxylic acids is 1. The van der Waals surface area contributed by atoms with Crippen molar-refractivity contribution in [3.63, 3.8) is 0 Å². The van der Waals surface area contributed by atoms with Gasteiger partial charge in [0, 0.05) is 11.8 Å². The largest absolute Gasteiger partial charge is 0.477 e. The molecule has 1 atom stereocenters. The molecule has 0 saturated heterocycles. The van der Waals surface area contributed by atoms with Crippen LogP contribution < -0.4 is 4.72 Å². The van der Waals surface area contributed by atoms with Crippen LogP contribution in [0.25, 0.3) is 0 Å². The topological polar surface area (TPSA) is 83.5 Å². The molecule has 1 rings (SSSR count). The smallest absolute Gasteiger partial charge is 0.346 e. The third-order valence-electron chi connectivity index (χ3n) is 2.13. The molecule has 0 aromatic carbocycles.